The van der Waals surface area contributed by atoms with Gasteiger partial charge in [0.15, 0.2) is 9.84 Å². The zero-order chi connectivity index (χ0) is 24.4. The molecule has 0 spiro atoms. The maximum Gasteiger partial charge on any atom is 0.274 e. The number of nitrogens with one attached hydrogen (secondary N) is 1. The minimum Gasteiger partial charge on any atom is -0.356 e. The summed E-state index contributed by atoms with van der Waals surface area (Å²) in [7, 11) is -1.83. The van der Waals surface area contributed by atoms with Crippen molar-refractivity contribution in [2.45, 2.75) is 12.3 Å². The first-order chi connectivity index (χ1) is 16.1. The molecule has 34 heavy (non-hydrogen) atoms. The number of anilines is 2. The third kappa shape index (κ3) is 3.45. The molecule has 3 heterocycles. The highest BCUT2D eigenvalue weighted by molar-refractivity contribution is 7.89. The van der Waals surface area contributed by atoms with Gasteiger partial charge in [0.2, 0.25) is 0 Å². The van der Waals surface area contributed by atoms with Crippen LogP contribution in [-0.4, -0.2) is 24.2 Å². The van der Waals surface area contributed by atoms with Gasteiger partial charge in [0, 0.05) is 48.3 Å². The maximum atomic E-state index is 15.0. The highest BCUT2D eigenvalue weighted by atomic mass is 32.2. The number of benzene rings is 2. The summed E-state index contributed by atoms with van der Waals surface area (Å²) in [6.07, 6.45) is 4.37. The lowest BCUT2D eigenvalue weighted by Gasteiger charge is -2.27. The van der Waals surface area contributed by atoms with Gasteiger partial charge in [-0.05, 0) is 35.4 Å². The molecule has 1 N–H and O–H groups in total. The van der Waals surface area contributed by atoms with Gasteiger partial charge in [-0.15, -0.1) is 0 Å². The fraction of sp³-hybridized carbons (Fsp3) is 0.167. The number of nitriles is 1. The first kappa shape index (κ1) is 21.9. The van der Waals surface area contributed by atoms with Crippen LogP contribution < -0.4 is 10.5 Å². The molecule has 10 heteroatoms. The van der Waals surface area contributed by atoms with E-state index >= 15 is 0 Å². The van der Waals surface area contributed by atoms with E-state index in [2.05, 4.69) is 11.1 Å². The van der Waals surface area contributed by atoms with E-state index in [0.29, 0.717) is 38.8 Å². The van der Waals surface area contributed by atoms with Crippen molar-refractivity contribution in [1.29, 1.82) is 5.26 Å². The van der Waals surface area contributed by atoms with Gasteiger partial charge in [-0.2, -0.15) is 5.26 Å². The molecule has 0 radical (unpaired) electrons. The van der Waals surface area contributed by atoms with Gasteiger partial charge < -0.3 is 14.5 Å². The molecule has 172 valence electrons. The molecule has 0 amide bonds. The second-order valence-electron chi connectivity index (χ2n) is 8.43. The molecule has 0 saturated carbocycles. The normalized spacial score (nSPS) is 13.0. The Hall–Kier alpha value is -3.97. The molecule has 0 saturated heterocycles. The Morgan fingerprint density at radius 1 is 1.18 bits per heavy atom. The van der Waals surface area contributed by atoms with E-state index in [-0.39, 0.29) is 29.1 Å². The van der Waals surface area contributed by atoms with E-state index in [9.17, 15) is 27.3 Å². The lowest BCUT2D eigenvalue weighted by molar-refractivity contribution is 0.582. The molecular weight excluding hydrogens is 462 g/mol. The lowest BCUT2D eigenvalue weighted by atomic mass is 9.96. The largest absolute Gasteiger partial charge is 0.356 e. The van der Waals surface area contributed by atoms with Crippen LogP contribution in [0, 0.1) is 23.0 Å². The minimum atomic E-state index is -3.42. The van der Waals surface area contributed by atoms with E-state index in [1.54, 1.807) is 30.4 Å². The quantitative estimate of drug-likeness (QED) is 0.480. The number of pyridine rings is 1. The van der Waals surface area contributed by atoms with Crippen LogP contribution in [0.5, 0.6) is 0 Å². The van der Waals surface area contributed by atoms with Crippen molar-refractivity contribution in [1.82, 2.24) is 9.55 Å². The van der Waals surface area contributed by atoms with Crippen LogP contribution in [0.1, 0.15) is 16.7 Å². The van der Waals surface area contributed by atoms with Gasteiger partial charge in [0.25, 0.3) is 5.56 Å². The van der Waals surface area contributed by atoms with Crippen LogP contribution in [0.2, 0.25) is 0 Å². The van der Waals surface area contributed by atoms with E-state index in [1.807, 2.05) is 0 Å². The van der Waals surface area contributed by atoms with Gasteiger partial charge in [0.05, 0.1) is 29.2 Å². The van der Waals surface area contributed by atoms with E-state index < -0.39 is 21.5 Å². The van der Waals surface area contributed by atoms with E-state index in [0.717, 1.165) is 18.4 Å². The Kier molecular flexibility index (Phi) is 4.84. The van der Waals surface area contributed by atoms with Gasteiger partial charge in [0.1, 0.15) is 23.2 Å². The summed E-state index contributed by atoms with van der Waals surface area (Å²) in [4.78, 5) is 17.3. The van der Waals surface area contributed by atoms with Crippen molar-refractivity contribution >= 4 is 32.1 Å². The maximum absolute atomic E-state index is 15.0. The first-order valence-corrected chi connectivity index (χ1v) is 12.3. The molecular formula is C24H18F2N4O3S. The smallest absolute Gasteiger partial charge is 0.274 e. The second kappa shape index (κ2) is 7.53. The number of fused-ring (bicyclic) bond motifs is 2. The summed E-state index contributed by atoms with van der Waals surface area (Å²) in [5.41, 5.74) is 2.74. The zero-order valence-electron chi connectivity index (χ0n) is 18.2. The van der Waals surface area contributed by atoms with Crippen molar-refractivity contribution in [3.05, 3.63) is 81.4 Å². The number of sulfone groups is 1. The van der Waals surface area contributed by atoms with Gasteiger partial charge in [-0.1, -0.05) is 0 Å². The summed E-state index contributed by atoms with van der Waals surface area (Å²) in [6, 6.07) is 8.40. The zero-order valence-corrected chi connectivity index (χ0v) is 19.0. The van der Waals surface area contributed by atoms with Crippen molar-refractivity contribution in [2.75, 3.05) is 11.2 Å². The molecule has 5 rings (SSSR count). The monoisotopic (exact) mass is 480 g/mol. The highest BCUT2D eigenvalue weighted by Crippen LogP contribution is 2.46. The highest BCUT2D eigenvalue weighted by Gasteiger charge is 2.29. The number of rotatable bonds is 3. The van der Waals surface area contributed by atoms with Crippen molar-refractivity contribution in [3.8, 4) is 17.2 Å². The number of H-pyrrole nitrogens is 1. The molecule has 0 atom stereocenters. The average Bonchev–Trinajstić information content (AvgIpc) is 3.12. The topological polar surface area (TPSA) is 99.0 Å². The predicted molar refractivity (Wildman–Crippen MR) is 124 cm³/mol. The molecule has 7 nitrogen and oxygen atoms in total. The van der Waals surface area contributed by atoms with Crippen LogP contribution in [0.3, 0.4) is 0 Å². The third-order valence-corrected chi connectivity index (χ3v) is 6.75. The summed E-state index contributed by atoms with van der Waals surface area (Å²) >= 11 is 0. The number of aryl methyl sites for hydroxylation is 1. The van der Waals surface area contributed by atoms with Crippen LogP contribution >= 0.6 is 0 Å². The summed E-state index contributed by atoms with van der Waals surface area (Å²) in [6.45, 7) is 0.0931. The molecule has 1 aliphatic rings. The second-order valence-corrected chi connectivity index (χ2v) is 10.6. The molecule has 0 unspecified atom stereocenters. The number of halogens is 2. The molecule has 2 aromatic heterocycles. The third-order valence-electron chi connectivity index (χ3n) is 5.90. The SMILES string of the molecule is Cn1cc2c3c(c[nH]c3c1=O)CN(c1ccc(F)cc1F)c1c(C#N)cc(CS(C)(=O)=O)cc1-2. The van der Waals surface area contributed by atoms with Crippen LogP contribution in [-0.2, 0) is 29.2 Å². The van der Waals surface area contributed by atoms with Crippen molar-refractivity contribution in [3.63, 3.8) is 0 Å². The van der Waals surface area contributed by atoms with Crippen LogP contribution in [0.25, 0.3) is 22.0 Å². The van der Waals surface area contributed by atoms with E-state index in [4.69, 9.17) is 0 Å². The van der Waals surface area contributed by atoms with Gasteiger partial charge >= 0.3 is 0 Å². The average molecular weight is 480 g/mol. The number of aromatic amines is 1. The standard InChI is InChI=1S/C24H18F2N4O3S/c1-29-11-18-17-6-13(12-34(2,32)33)5-14(8-27)23(17)30(20-4-3-16(25)7-19(20)26)10-15-9-28-22(21(15)18)24(29)31/h3-7,9,11,28H,10,12H2,1-2H3. The van der Waals surface area contributed by atoms with Crippen LogP contribution in [0.15, 0.2) is 47.5 Å². The Morgan fingerprint density at radius 3 is 2.62 bits per heavy atom. The van der Waals surface area contributed by atoms with Crippen molar-refractivity contribution < 1.29 is 17.2 Å². The van der Waals surface area contributed by atoms with Crippen molar-refractivity contribution in [2.24, 2.45) is 7.05 Å². The lowest BCUT2D eigenvalue weighted by Crippen LogP contribution is -2.19. The first-order valence-electron chi connectivity index (χ1n) is 10.2. The Bertz CT molecular complexity index is 1720. The minimum absolute atomic E-state index is 0.0453. The predicted octanol–water partition coefficient (Wildman–Crippen LogP) is 3.88. The van der Waals surface area contributed by atoms with Crippen LogP contribution in [0.4, 0.5) is 20.2 Å². The van der Waals surface area contributed by atoms with Gasteiger partial charge in [-0.3, -0.25) is 4.79 Å². The Balaban J connectivity index is 1.92. The van der Waals surface area contributed by atoms with Gasteiger partial charge in [-0.25, -0.2) is 17.2 Å². The molecule has 0 aliphatic carbocycles. The molecule has 2 aromatic carbocycles. The number of aromatic nitrogens is 2. The summed E-state index contributed by atoms with van der Waals surface area (Å²) in [5, 5.41) is 10.6. The Labute approximate surface area is 193 Å². The Morgan fingerprint density at radius 2 is 1.94 bits per heavy atom. The summed E-state index contributed by atoms with van der Waals surface area (Å²) in [5.74, 6) is -1.85. The fourth-order valence-electron chi connectivity index (χ4n) is 4.58. The molecule has 1 aliphatic heterocycles. The summed E-state index contributed by atoms with van der Waals surface area (Å²) < 4.78 is 54.1. The molecule has 0 bridgehead atoms. The molecule has 4 aromatic rings. The fourth-order valence-corrected chi connectivity index (χ4v) is 5.35. The number of nitrogens with zero attached hydrogens (tertiary/aromatic N) is 3. The van der Waals surface area contributed by atoms with E-state index in [1.165, 1.54) is 16.7 Å². The number of hydrogen-bond acceptors (Lipinski definition) is 5. The molecule has 0 fully saturated rings. The number of hydrogen-bond donors (Lipinski definition) is 1.